The van der Waals surface area contributed by atoms with Crippen molar-refractivity contribution >= 4 is 93.5 Å². The van der Waals surface area contributed by atoms with E-state index in [1.165, 1.54) is 0 Å². The lowest BCUT2D eigenvalue weighted by atomic mass is 10.2. The molecule has 162 valence electrons. The number of hydrogen-bond donors (Lipinski definition) is 1. The summed E-state index contributed by atoms with van der Waals surface area (Å²) >= 11 is 12.6. The van der Waals surface area contributed by atoms with Crippen LogP contribution in [0.5, 0.6) is 5.75 Å². The second-order valence-corrected chi connectivity index (χ2v) is 10.6. The smallest absolute Gasteiger partial charge is 0.307 e. The number of nitrogens with zero attached hydrogens (tertiary/aromatic N) is 1. The van der Waals surface area contributed by atoms with Crippen LogP contribution >= 0.6 is 70.4 Å². The first kappa shape index (κ1) is 23.5. The normalized spacial score (nSPS) is 11.2. The molecule has 1 heterocycles. The molecule has 0 unspecified atom stereocenters. The zero-order chi connectivity index (χ0) is 22.7. The predicted octanol–water partition coefficient (Wildman–Crippen LogP) is 7.67. The average Bonchev–Trinajstić information content (AvgIpc) is 3.18. The van der Waals surface area contributed by atoms with E-state index in [4.69, 9.17) is 9.15 Å². The van der Waals surface area contributed by atoms with Crippen LogP contribution in [-0.2, 0) is 6.61 Å². The van der Waals surface area contributed by atoms with Crippen LogP contribution in [0.25, 0.3) is 11.0 Å². The van der Waals surface area contributed by atoms with E-state index >= 15 is 0 Å². The Morgan fingerprint density at radius 3 is 2.53 bits per heavy atom. The van der Waals surface area contributed by atoms with Gasteiger partial charge in [-0.2, -0.15) is 5.10 Å². The van der Waals surface area contributed by atoms with Crippen molar-refractivity contribution in [2.45, 2.75) is 6.61 Å². The van der Waals surface area contributed by atoms with Crippen LogP contribution in [0.3, 0.4) is 0 Å². The van der Waals surface area contributed by atoms with Gasteiger partial charge in [0.25, 0.3) is 0 Å². The summed E-state index contributed by atoms with van der Waals surface area (Å²) in [6.07, 6.45) is 1.57. The summed E-state index contributed by atoms with van der Waals surface area (Å²) < 4.78 is 15.2. The van der Waals surface area contributed by atoms with Crippen molar-refractivity contribution in [1.82, 2.24) is 5.43 Å². The van der Waals surface area contributed by atoms with Crippen LogP contribution in [0.15, 0.2) is 83.6 Å². The van der Waals surface area contributed by atoms with E-state index < -0.39 is 5.91 Å². The maximum Gasteiger partial charge on any atom is 0.307 e. The first-order chi connectivity index (χ1) is 15.4. The Morgan fingerprint density at radius 2 is 1.78 bits per heavy atom. The molecule has 9 heteroatoms. The summed E-state index contributed by atoms with van der Waals surface area (Å²) in [5.41, 5.74) is 5.02. The number of hydrogen-bond acceptors (Lipinski definition) is 4. The van der Waals surface area contributed by atoms with Crippen molar-refractivity contribution in [3.63, 3.8) is 0 Å². The maximum absolute atomic E-state index is 12.4. The Morgan fingerprint density at radius 1 is 1.03 bits per heavy atom. The van der Waals surface area contributed by atoms with Gasteiger partial charge in [-0.1, -0.05) is 44.0 Å². The molecule has 0 saturated heterocycles. The molecule has 0 fully saturated rings. The average molecular weight is 733 g/mol. The highest BCUT2D eigenvalue weighted by Crippen LogP contribution is 2.32. The summed E-state index contributed by atoms with van der Waals surface area (Å²) in [5, 5.41) is 4.89. The molecule has 4 rings (SSSR count). The van der Waals surface area contributed by atoms with Gasteiger partial charge < -0.3 is 9.15 Å². The minimum Gasteiger partial charge on any atom is -0.487 e. The van der Waals surface area contributed by atoms with E-state index in [0.717, 1.165) is 39.3 Å². The Hall–Kier alpha value is -1.69. The first-order valence-electron chi connectivity index (χ1n) is 9.28. The Bertz CT molecular complexity index is 1300. The lowest BCUT2D eigenvalue weighted by Gasteiger charge is -2.11. The summed E-state index contributed by atoms with van der Waals surface area (Å²) in [6.45, 7) is 0.458. The van der Waals surface area contributed by atoms with Gasteiger partial charge in [0.2, 0.25) is 0 Å². The van der Waals surface area contributed by atoms with Crippen molar-refractivity contribution in [3.8, 4) is 5.75 Å². The highest BCUT2D eigenvalue weighted by Gasteiger charge is 2.12. The van der Waals surface area contributed by atoms with Gasteiger partial charge in [0.1, 0.15) is 17.9 Å². The number of nitrogens with one attached hydrogen (secondary N) is 1. The van der Waals surface area contributed by atoms with Crippen molar-refractivity contribution < 1.29 is 13.9 Å². The largest absolute Gasteiger partial charge is 0.487 e. The van der Waals surface area contributed by atoms with Gasteiger partial charge in [0.15, 0.2) is 5.76 Å². The van der Waals surface area contributed by atoms with Crippen LogP contribution in [0.2, 0.25) is 0 Å². The van der Waals surface area contributed by atoms with Crippen molar-refractivity contribution in [2.24, 2.45) is 5.10 Å². The van der Waals surface area contributed by atoms with E-state index in [0.29, 0.717) is 12.2 Å². The van der Waals surface area contributed by atoms with Crippen LogP contribution in [0.4, 0.5) is 0 Å². The molecule has 5 nitrogen and oxygen atoms in total. The third kappa shape index (κ3) is 5.81. The molecule has 1 amide bonds. The maximum atomic E-state index is 12.4. The lowest BCUT2D eigenvalue weighted by Crippen LogP contribution is -2.16. The van der Waals surface area contributed by atoms with Crippen LogP contribution in [-0.4, -0.2) is 12.1 Å². The SMILES string of the molecule is O=C(N/N=C/c1cc(Br)c(OCc2ccc(Br)cc2)c(I)c1)c1cc2cc(Br)ccc2o1. The Kier molecular flexibility index (Phi) is 7.70. The highest BCUT2D eigenvalue weighted by atomic mass is 127. The number of amides is 1. The van der Waals surface area contributed by atoms with Gasteiger partial charge in [-0.05, 0) is 98.2 Å². The molecular formula is C23H14Br3IN2O3. The number of hydrazone groups is 1. The number of furan rings is 1. The minimum atomic E-state index is -0.420. The van der Waals surface area contributed by atoms with Gasteiger partial charge in [0, 0.05) is 14.3 Å². The van der Waals surface area contributed by atoms with Gasteiger partial charge in [-0.25, -0.2) is 5.43 Å². The molecule has 0 aliphatic carbocycles. The molecule has 0 spiro atoms. The molecule has 0 aliphatic rings. The zero-order valence-corrected chi connectivity index (χ0v) is 23.2. The molecule has 0 aliphatic heterocycles. The second-order valence-electron chi connectivity index (χ2n) is 6.72. The molecule has 1 aromatic heterocycles. The molecule has 0 radical (unpaired) electrons. The van der Waals surface area contributed by atoms with Crippen LogP contribution in [0, 0.1) is 3.57 Å². The molecule has 32 heavy (non-hydrogen) atoms. The van der Waals surface area contributed by atoms with E-state index in [1.54, 1.807) is 18.3 Å². The van der Waals surface area contributed by atoms with Gasteiger partial charge >= 0.3 is 5.91 Å². The van der Waals surface area contributed by atoms with E-state index in [2.05, 4.69) is 80.9 Å². The first-order valence-corrected chi connectivity index (χ1v) is 12.7. The predicted molar refractivity (Wildman–Crippen MR) is 144 cm³/mol. The summed E-state index contributed by atoms with van der Waals surface area (Å²) in [6, 6.07) is 19.0. The van der Waals surface area contributed by atoms with E-state index in [9.17, 15) is 4.79 Å². The highest BCUT2D eigenvalue weighted by molar-refractivity contribution is 14.1. The van der Waals surface area contributed by atoms with Gasteiger partial charge in [0.05, 0.1) is 14.3 Å². The van der Waals surface area contributed by atoms with Crippen LogP contribution < -0.4 is 10.2 Å². The standard InChI is InChI=1S/C23H14Br3IN2O3/c24-16-3-1-13(2-4-16)12-31-22-18(26)7-14(8-19(22)27)11-28-29-23(30)21-10-15-9-17(25)5-6-20(15)32-21/h1-11H,12H2,(H,29,30)/b28-11+. The number of halogens is 4. The summed E-state index contributed by atoms with van der Waals surface area (Å²) in [7, 11) is 0. The fourth-order valence-corrected chi connectivity index (χ4v) is 5.29. The zero-order valence-electron chi connectivity index (χ0n) is 16.2. The molecule has 1 N–H and O–H groups in total. The number of ether oxygens (including phenoxy) is 1. The molecule has 0 atom stereocenters. The molecule has 0 saturated carbocycles. The van der Waals surface area contributed by atoms with Crippen molar-refractivity contribution in [3.05, 3.63) is 94.5 Å². The number of carbonyl (C=O) groups excluding carboxylic acids is 1. The molecular weight excluding hydrogens is 719 g/mol. The monoisotopic (exact) mass is 730 g/mol. The van der Waals surface area contributed by atoms with Gasteiger partial charge in [-0.15, -0.1) is 0 Å². The quantitative estimate of drug-likeness (QED) is 0.126. The molecule has 3 aromatic carbocycles. The Labute approximate surface area is 223 Å². The van der Waals surface area contributed by atoms with Gasteiger partial charge in [-0.3, -0.25) is 4.79 Å². The second kappa shape index (κ2) is 10.5. The van der Waals surface area contributed by atoms with Crippen molar-refractivity contribution in [2.75, 3.05) is 0 Å². The van der Waals surface area contributed by atoms with Crippen molar-refractivity contribution in [1.29, 1.82) is 0 Å². The molecule has 4 aromatic rings. The number of benzene rings is 3. The summed E-state index contributed by atoms with van der Waals surface area (Å²) in [4.78, 5) is 12.4. The third-order valence-corrected chi connectivity index (χ3v) is 6.81. The summed E-state index contributed by atoms with van der Waals surface area (Å²) in [5.74, 6) is 0.530. The fourth-order valence-electron chi connectivity index (χ4n) is 2.87. The third-order valence-electron chi connectivity index (χ3n) is 4.40. The number of fused-ring (bicyclic) bond motifs is 1. The topological polar surface area (TPSA) is 63.8 Å². The van der Waals surface area contributed by atoms with E-state index in [-0.39, 0.29) is 5.76 Å². The minimum absolute atomic E-state index is 0.197. The fraction of sp³-hybridized carbons (Fsp3) is 0.0435. The van der Waals surface area contributed by atoms with Crippen LogP contribution in [0.1, 0.15) is 21.7 Å². The lowest BCUT2D eigenvalue weighted by molar-refractivity contribution is 0.0929. The van der Waals surface area contributed by atoms with E-state index in [1.807, 2.05) is 48.5 Å². The Balaban J connectivity index is 1.41. The number of rotatable bonds is 6. The molecule has 0 bridgehead atoms. The number of carbonyl (C=O) groups is 1.